The van der Waals surface area contributed by atoms with E-state index in [4.69, 9.17) is 0 Å². The second kappa shape index (κ2) is 14.1. The van der Waals surface area contributed by atoms with Gasteiger partial charge in [0.05, 0.1) is 0 Å². The van der Waals surface area contributed by atoms with Gasteiger partial charge < -0.3 is 0 Å². The van der Waals surface area contributed by atoms with Crippen LogP contribution < -0.4 is 0 Å². The first-order valence-electron chi connectivity index (χ1n) is 4.07. The molecule has 0 fully saturated rings. The molecule has 0 spiro atoms. The Morgan fingerprint density at radius 2 is 1.09 bits per heavy atom. The summed E-state index contributed by atoms with van der Waals surface area (Å²) in [6.07, 6.45) is 7.01. The third-order valence-electron chi connectivity index (χ3n) is 1.21. The van der Waals surface area contributed by atoms with Gasteiger partial charge in [-0.2, -0.15) is 0 Å². The Morgan fingerprint density at radius 1 is 0.818 bits per heavy atom. The predicted octanol–water partition coefficient (Wildman–Crippen LogP) is 5.13. The lowest BCUT2D eigenvalue weighted by Crippen LogP contribution is -1.70. The monoisotopic (exact) mass is 348 g/mol. The van der Waals surface area contributed by atoms with Gasteiger partial charge in [-0.3, -0.25) is 0 Å². The van der Waals surface area contributed by atoms with Gasteiger partial charge in [0.25, 0.3) is 0 Å². The van der Waals surface area contributed by atoms with Crippen LogP contribution in [0.15, 0.2) is 0 Å². The molecule has 0 aromatic rings. The molecular weight excluding hydrogens is 335 g/mol. The number of rotatable bonds is 4. The van der Waals surface area contributed by atoms with Crippen molar-refractivity contribution in [3.05, 3.63) is 0 Å². The molecule has 0 radical (unpaired) electrons. The Balaban J connectivity index is 0. The molecule has 0 aromatic carbocycles. The highest BCUT2D eigenvalue weighted by molar-refractivity contribution is 9.69. The molecule has 0 unspecified atom stereocenters. The zero-order valence-corrected chi connectivity index (χ0v) is 12.0. The summed E-state index contributed by atoms with van der Waals surface area (Å²) in [7, 11) is 0. The average molecular weight is 351 g/mol. The van der Waals surface area contributed by atoms with Crippen LogP contribution in [0.4, 0.5) is 0 Å². The Hall–Kier alpha value is 1.50. The fraction of sp³-hybridized carbons (Fsp3) is 1.00. The van der Waals surface area contributed by atoms with Crippen LogP contribution in [-0.2, 0) is 0 Å². The molecule has 0 amide bonds. The minimum absolute atomic E-state index is 0.271. The van der Waals surface area contributed by atoms with E-state index in [2.05, 4.69) is 61.1 Å². The molecule has 0 atom stereocenters. The van der Waals surface area contributed by atoms with E-state index in [1.165, 1.54) is 32.1 Å². The van der Waals surface area contributed by atoms with Gasteiger partial charge in [0.2, 0.25) is 0 Å². The minimum atomic E-state index is 0.271. The van der Waals surface area contributed by atoms with E-state index in [1.807, 2.05) is 0 Å². The summed E-state index contributed by atoms with van der Waals surface area (Å²) >= 11 is 9.31. The highest BCUT2D eigenvalue weighted by atomic mass is 79.9. The zero-order chi connectivity index (χ0) is 9.11. The van der Waals surface area contributed by atoms with E-state index in [1.54, 1.807) is 0 Å². The summed E-state index contributed by atoms with van der Waals surface area (Å²) in [5.74, 6) is 0. The van der Waals surface area contributed by atoms with Crippen LogP contribution in [0.2, 0.25) is 0 Å². The molecule has 4 heteroatoms. The van der Waals surface area contributed by atoms with Crippen LogP contribution in [0.3, 0.4) is 0 Å². The van der Waals surface area contributed by atoms with Crippen LogP contribution in [0.5, 0.6) is 0 Å². The van der Waals surface area contributed by atoms with Crippen molar-refractivity contribution >= 4 is 50.5 Å². The van der Waals surface area contributed by atoms with Gasteiger partial charge >= 0.3 is 3.18 Å². The fourth-order valence-corrected chi connectivity index (χ4v) is 0.677. The van der Waals surface area contributed by atoms with E-state index >= 15 is 0 Å². The van der Waals surface area contributed by atoms with E-state index in [0.717, 1.165) is 0 Å². The molecule has 0 aliphatic carbocycles. The van der Waals surface area contributed by atoms with Gasteiger partial charge in [-0.1, -0.05) is 46.0 Å². The lowest BCUT2D eigenvalue weighted by molar-refractivity contribution is 0.656. The SMILES string of the molecule is BrB(Br)Br.CCCCCCC. The maximum Gasteiger partial charge on any atom is 0.369 e. The summed E-state index contributed by atoms with van der Waals surface area (Å²) in [5.41, 5.74) is 0. The van der Waals surface area contributed by atoms with Gasteiger partial charge in [-0.25, -0.2) is 0 Å². The standard InChI is InChI=1S/C7H16.BBr3/c1-3-5-7-6-4-2;2-1(3)4/h3-7H2,1-2H3;. The predicted molar refractivity (Wildman–Crippen MR) is 67.0 cm³/mol. The maximum atomic E-state index is 3.10. The van der Waals surface area contributed by atoms with Crippen molar-refractivity contribution in [1.29, 1.82) is 0 Å². The molecule has 68 valence electrons. The minimum Gasteiger partial charge on any atom is -0.123 e. The van der Waals surface area contributed by atoms with Gasteiger partial charge in [-0.15, -0.1) is 47.3 Å². The van der Waals surface area contributed by atoms with Crippen molar-refractivity contribution in [2.24, 2.45) is 0 Å². The summed E-state index contributed by atoms with van der Waals surface area (Å²) in [6.45, 7) is 4.49. The van der Waals surface area contributed by atoms with Gasteiger partial charge in [0, 0.05) is 0 Å². The van der Waals surface area contributed by atoms with Crippen molar-refractivity contribution < 1.29 is 0 Å². The smallest absolute Gasteiger partial charge is 0.123 e. The van der Waals surface area contributed by atoms with Crippen LogP contribution in [0, 0.1) is 0 Å². The topological polar surface area (TPSA) is 0 Å². The number of hydrogen-bond acceptors (Lipinski definition) is 0. The highest BCUT2D eigenvalue weighted by Gasteiger charge is 1.87. The molecule has 0 aliphatic heterocycles. The Kier molecular flexibility index (Phi) is 19.2. The third-order valence-corrected chi connectivity index (χ3v) is 1.21. The van der Waals surface area contributed by atoms with E-state index in [-0.39, 0.29) is 3.18 Å². The second-order valence-corrected chi connectivity index (χ2v) is 8.74. The zero-order valence-electron chi connectivity index (χ0n) is 7.25. The molecule has 0 saturated heterocycles. The van der Waals surface area contributed by atoms with Crippen LogP contribution in [-0.4, -0.2) is 3.18 Å². The molecule has 0 aliphatic rings. The largest absolute Gasteiger partial charge is 0.369 e. The summed E-state index contributed by atoms with van der Waals surface area (Å²) < 4.78 is 0.271. The average Bonchev–Trinajstić information content (AvgIpc) is 1.88. The first-order chi connectivity index (χ1) is 5.15. The fourth-order valence-electron chi connectivity index (χ4n) is 0.677. The van der Waals surface area contributed by atoms with Crippen molar-refractivity contribution in [3.63, 3.8) is 0 Å². The molecule has 0 bridgehead atoms. The molecule has 0 nitrogen and oxygen atoms in total. The van der Waals surface area contributed by atoms with Gasteiger partial charge in [0.1, 0.15) is 0 Å². The van der Waals surface area contributed by atoms with Gasteiger partial charge in [-0.05, 0) is 0 Å². The molecular formula is C7H16BBr3. The van der Waals surface area contributed by atoms with E-state index in [9.17, 15) is 0 Å². The molecule has 0 heterocycles. The van der Waals surface area contributed by atoms with Gasteiger partial charge in [0.15, 0.2) is 0 Å². The third kappa shape index (κ3) is 34.3. The van der Waals surface area contributed by atoms with Crippen LogP contribution in [0.25, 0.3) is 0 Å². The lowest BCUT2D eigenvalue weighted by atomic mass is 10.2. The summed E-state index contributed by atoms with van der Waals surface area (Å²) in [4.78, 5) is 0. The molecule has 11 heavy (non-hydrogen) atoms. The Morgan fingerprint density at radius 3 is 1.27 bits per heavy atom. The molecule has 0 saturated carbocycles. The first kappa shape index (κ1) is 15.0. The number of hydrogen-bond donors (Lipinski definition) is 0. The van der Waals surface area contributed by atoms with Crippen LogP contribution >= 0.6 is 47.3 Å². The number of unbranched alkanes of at least 4 members (excludes halogenated alkanes) is 4. The molecule has 0 rings (SSSR count). The van der Waals surface area contributed by atoms with Crippen molar-refractivity contribution in [2.75, 3.05) is 0 Å². The van der Waals surface area contributed by atoms with E-state index < -0.39 is 0 Å². The normalized spacial score (nSPS) is 8.45. The molecule has 0 N–H and O–H groups in total. The first-order valence-corrected chi connectivity index (χ1v) is 6.82. The Bertz CT molecular complexity index is 52.9. The summed E-state index contributed by atoms with van der Waals surface area (Å²) in [5, 5.41) is 0. The maximum absolute atomic E-state index is 3.10. The summed E-state index contributed by atoms with van der Waals surface area (Å²) in [6, 6.07) is 0. The van der Waals surface area contributed by atoms with E-state index in [0.29, 0.717) is 0 Å². The Labute approximate surface area is 95.9 Å². The van der Waals surface area contributed by atoms with Crippen molar-refractivity contribution in [3.8, 4) is 0 Å². The number of halogens is 3. The second-order valence-electron chi connectivity index (χ2n) is 2.31. The highest BCUT2D eigenvalue weighted by Crippen LogP contribution is 2.07. The lowest BCUT2D eigenvalue weighted by Gasteiger charge is -1.90. The molecule has 0 aromatic heterocycles. The van der Waals surface area contributed by atoms with Crippen molar-refractivity contribution in [2.45, 2.75) is 46.0 Å². The van der Waals surface area contributed by atoms with Crippen molar-refractivity contribution in [1.82, 2.24) is 0 Å². The quantitative estimate of drug-likeness (QED) is 0.487. The van der Waals surface area contributed by atoms with Crippen LogP contribution in [0.1, 0.15) is 46.0 Å².